The third-order valence-electron chi connectivity index (χ3n) is 4.59. The van der Waals surface area contributed by atoms with E-state index >= 15 is 0 Å². The van der Waals surface area contributed by atoms with Gasteiger partial charge in [0.1, 0.15) is 0 Å². The third-order valence-corrected chi connectivity index (χ3v) is 6.42. The van der Waals surface area contributed by atoms with E-state index in [4.69, 9.17) is 10.5 Å². The molecule has 1 aromatic rings. The number of nitrogens with one attached hydrogen (secondary N) is 1. The van der Waals surface area contributed by atoms with Gasteiger partial charge in [-0.1, -0.05) is 12.1 Å². The first kappa shape index (κ1) is 22.9. The summed E-state index contributed by atoms with van der Waals surface area (Å²) < 4.78 is 30.6. The van der Waals surface area contributed by atoms with E-state index in [2.05, 4.69) is 5.32 Å². The van der Waals surface area contributed by atoms with Crippen LogP contribution >= 0.6 is 12.4 Å². The summed E-state index contributed by atoms with van der Waals surface area (Å²) in [5.41, 5.74) is 6.90. The molecule has 0 aromatic heterocycles. The van der Waals surface area contributed by atoms with Crippen molar-refractivity contribution in [3.63, 3.8) is 0 Å². The lowest BCUT2D eigenvalue weighted by atomic mass is 9.91. The van der Waals surface area contributed by atoms with E-state index in [9.17, 15) is 13.2 Å². The Kier molecular flexibility index (Phi) is 8.49. The standard InChI is InChI=1S/C17H27N3O4S.ClH/c1-12(19-17(21)16(18)14-8-10-24-11-9-14)13-4-6-15(7-5-13)25(22,23)20(2)3;/h4-7,12,14,16H,8-11,18H2,1-3H3,(H,19,21);1H. The number of nitrogens with two attached hydrogens (primary N) is 1. The van der Waals surface area contributed by atoms with E-state index in [-0.39, 0.29) is 35.2 Å². The molecule has 1 aromatic carbocycles. The molecule has 1 aliphatic heterocycles. The molecule has 7 nitrogen and oxygen atoms in total. The lowest BCUT2D eigenvalue weighted by Gasteiger charge is -2.28. The van der Waals surface area contributed by atoms with Crippen LogP contribution in [0.3, 0.4) is 0 Å². The van der Waals surface area contributed by atoms with Crippen LogP contribution in [0.25, 0.3) is 0 Å². The molecule has 0 aliphatic carbocycles. The average Bonchev–Trinajstić information content (AvgIpc) is 2.61. The van der Waals surface area contributed by atoms with Crippen LogP contribution < -0.4 is 11.1 Å². The van der Waals surface area contributed by atoms with Gasteiger partial charge in [-0.15, -0.1) is 12.4 Å². The molecule has 148 valence electrons. The van der Waals surface area contributed by atoms with Crippen LogP contribution in [0.15, 0.2) is 29.2 Å². The van der Waals surface area contributed by atoms with E-state index in [0.29, 0.717) is 13.2 Å². The Balaban J connectivity index is 0.00000338. The Morgan fingerprint density at radius 3 is 2.27 bits per heavy atom. The van der Waals surface area contributed by atoms with Gasteiger partial charge in [0.15, 0.2) is 0 Å². The second-order valence-corrected chi connectivity index (χ2v) is 8.71. The minimum atomic E-state index is -3.46. The topological polar surface area (TPSA) is 102 Å². The number of carbonyl (C=O) groups excluding carboxylic acids is 1. The number of benzene rings is 1. The number of hydrogen-bond acceptors (Lipinski definition) is 5. The summed E-state index contributed by atoms with van der Waals surface area (Å²) in [4.78, 5) is 12.6. The molecule has 1 saturated heterocycles. The maximum atomic E-state index is 12.4. The van der Waals surface area contributed by atoms with Gasteiger partial charge in [0.2, 0.25) is 15.9 Å². The molecule has 0 saturated carbocycles. The highest BCUT2D eigenvalue weighted by molar-refractivity contribution is 7.89. The number of hydrogen-bond donors (Lipinski definition) is 2. The van der Waals surface area contributed by atoms with Crippen LogP contribution in [0.5, 0.6) is 0 Å². The molecule has 2 atom stereocenters. The molecule has 1 fully saturated rings. The molecule has 1 amide bonds. The van der Waals surface area contributed by atoms with Crippen LogP contribution in [-0.2, 0) is 19.6 Å². The van der Waals surface area contributed by atoms with Crippen molar-refractivity contribution in [1.29, 1.82) is 0 Å². The van der Waals surface area contributed by atoms with Gasteiger partial charge >= 0.3 is 0 Å². The average molecular weight is 406 g/mol. The summed E-state index contributed by atoms with van der Waals surface area (Å²) >= 11 is 0. The highest BCUT2D eigenvalue weighted by atomic mass is 35.5. The molecule has 1 aliphatic rings. The smallest absolute Gasteiger partial charge is 0.242 e. The summed E-state index contributed by atoms with van der Waals surface area (Å²) in [6.45, 7) is 3.13. The Bertz CT molecular complexity index is 688. The van der Waals surface area contributed by atoms with Crippen molar-refractivity contribution in [1.82, 2.24) is 9.62 Å². The number of nitrogens with zero attached hydrogens (tertiary/aromatic N) is 1. The molecule has 1 heterocycles. The number of halogens is 1. The molecule has 3 N–H and O–H groups in total. The van der Waals surface area contributed by atoms with Crippen molar-refractivity contribution in [2.45, 2.75) is 36.7 Å². The Labute approximate surface area is 161 Å². The summed E-state index contributed by atoms with van der Waals surface area (Å²) in [6.07, 6.45) is 1.58. The van der Waals surface area contributed by atoms with Crippen molar-refractivity contribution < 1.29 is 17.9 Å². The fraction of sp³-hybridized carbons (Fsp3) is 0.588. The van der Waals surface area contributed by atoms with Crippen molar-refractivity contribution in [2.24, 2.45) is 11.7 Å². The zero-order valence-corrected chi connectivity index (χ0v) is 17.0. The minimum Gasteiger partial charge on any atom is -0.381 e. The van der Waals surface area contributed by atoms with E-state index < -0.39 is 16.1 Å². The molecule has 2 rings (SSSR count). The van der Waals surface area contributed by atoms with Crippen LogP contribution in [0, 0.1) is 5.92 Å². The van der Waals surface area contributed by atoms with Gasteiger partial charge in [0.25, 0.3) is 0 Å². The lowest BCUT2D eigenvalue weighted by molar-refractivity contribution is -0.125. The summed E-state index contributed by atoms with van der Waals surface area (Å²) in [7, 11) is -0.476. The predicted molar refractivity (Wildman–Crippen MR) is 103 cm³/mol. The first-order valence-corrected chi connectivity index (χ1v) is 9.83. The van der Waals surface area contributed by atoms with Gasteiger partial charge < -0.3 is 15.8 Å². The Hall–Kier alpha value is -1.19. The number of ether oxygens (including phenoxy) is 1. The second-order valence-electron chi connectivity index (χ2n) is 6.56. The molecular weight excluding hydrogens is 378 g/mol. The first-order chi connectivity index (χ1) is 11.7. The van der Waals surface area contributed by atoms with E-state index in [1.54, 1.807) is 24.3 Å². The summed E-state index contributed by atoms with van der Waals surface area (Å²) in [5, 5.41) is 2.91. The number of carbonyl (C=O) groups is 1. The van der Waals surface area contributed by atoms with Gasteiger partial charge in [-0.05, 0) is 43.4 Å². The lowest BCUT2D eigenvalue weighted by Crippen LogP contribution is -2.47. The van der Waals surface area contributed by atoms with Gasteiger partial charge in [0, 0.05) is 27.3 Å². The molecule has 26 heavy (non-hydrogen) atoms. The third kappa shape index (κ3) is 5.40. The van der Waals surface area contributed by atoms with Crippen molar-refractivity contribution in [3.8, 4) is 0 Å². The summed E-state index contributed by atoms with van der Waals surface area (Å²) in [6, 6.07) is 5.70. The van der Waals surface area contributed by atoms with Gasteiger partial charge in [-0.25, -0.2) is 12.7 Å². The monoisotopic (exact) mass is 405 g/mol. The number of rotatable bonds is 6. The van der Waals surface area contributed by atoms with Gasteiger partial charge in [0.05, 0.1) is 17.0 Å². The fourth-order valence-electron chi connectivity index (χ4n) is 2.82. The molecule has 0 bridgehead atoms. The highest BCUT2D eigenvalue weighted by Crippen LogP contribution is 2.20. The maximum absolute atomic E-state index is 12.4. The van der Waals surface area contributed by atoms with Crippen molar-refractivity contribution in [2.75, 3.05) is 27.3 Å². The van der Waals surface area contributed by atoms with Gasteiger partial charge in [-0.2, -0.15) is 0 Å². The van der Waals surface area contributed by atoms with E-state index in [0.717, 1.165) is 18.4 Å². The zero-order chi connectivity index (χ0) is 18.6. The van der Waals surface area contributed by atoms with E-state index in [1.165, 1.54) is 18.4 Å². The number of sulfonamides is 1. The largest absolute Gasteiger partial charge is 0.381 e. The van der Waals surface area contributed by atoms with Crippen molar-refractivity contribution >= 4 is 28.3 Å². The normalized spacial score (nSPS) is 18.0. The molecule has 9 heteroatoms. The van der Waals surface area contributed by atoms with Crippen LogP contribution in [0.4, 0.5) is 0 Å². The maximum Gasteiger partial charge on any atom is 0.242 e. The van der Waals surface area contributed by atoms with Gasteiger partial charge in [-0.3, -0.25) is 4.79 Å². The first-order valence-electron chi connectivity index (χ1n) is 8.39. The molecular formula is C17H28ClN3O4S. The van der Waals surface area contributed by atoms with Crippen LogP contribution in [-0.4, -0.2) is 52.0 Å². The summed E-state index contributed by atoms with van der Waals surface area (Å²) in [5.74, 6) is -0.0575. The Morgan fingerprint density at radius 1 is 1.23 bits per heavy atom. The van der Waals surface area contributed by atoms with Crippen LogP contribution in [0.1, 0.15) is 31.4 Å². The molecule has 2 unspecified atom stereocenters. The molecule has 0 spiro atoms. The quantitative estimate of drug-likeness (QED) is 0.742. The SMILES string of the molecule is CC(NC(=O)C(N)C1CCOCC1)c1ccc(S(=O)(=O)N(C)C)cc1.Cl. The zero-order valence-electron chi connectivity index (χ0n) is 15.3. The fourth-order valence-corrected chi connectivity index (χ4v) is 3.72. The highest BCUT2D eigenvalue weighted by Gasteiger charge is 2.27. The number of amides is 1. The van der Waals surface area contributed by atoms with Crippen LogP contribution in [0.2, 0.25) is 0 Å². The molecule has 0 radical (unpaired) electrons. The van der Waals surface area contributed by atoms with E-state index in [1.807, 2.05) is 6.92 Å². The van der Waals surface area contributed by atoms with Crippen molar-refractivity contribution in [3.05, 3.63) is 29.8 Å². The predicted octanol–water partition coefficient (Wildman–Crippen LogP) is 1.29. The second kappa shape index (κ2) is 9.66. The Morgan fingerprint density at radius 2 is 1.77 bits per heavy atom. The minimum absolute atomic E-state index is 0.